The molecule has 5 heteroatoms. The minimum absolute atomic E-state index is 0.0188. The Labute approximate surface area is 299 Å². The molecule has 8 rings (SSSR count). The van der Waals surface area contributed by atoms with Crippen molar-refractivity contribution < 1.29 is 13.6 Å². The molecule has 0 aliphatic carbocycles. The number of benzene rings is 4. The number of nitrogens with zero attached hydrogens (tertiary/aromatic N) is 2. The Kier molecular flexibility index (Phi) is 7.40. The van der Waals surface area contributed by atoms with E-state index < -0.39 is 0 Å². The molecular formula is C46H46N2O3. The van der Waals surface area contributed by atoms with Gasteiger partial charge in [0.15, 0.2) is 5.58 Å². The van der Waals surface area contributed by atoms with Crippen LogP contribution in [0.2, 0.25) is 0 Å². The molecule has 258 valence electrons. The van der Waals surface area contributed by atoms with Gasteiger partial charge in [-0.3, -0.25) is 0 Å². The van der Waals surface area contributed by atoms with Gasteiger partial charge in [-0.1, -0.05) is 105 Å². The van der Waals surface area contributed by atoms with Crippen molar-refractivity contribution in [2.24, 2.45) is 5.41 Å². The highest BCUT2D eigenvalue weighted by molar-refractivity contribution is 6.29. The first-order valence-corrected chi connectivity index (χ1v) is 17.9. The van der Waals surface area contributed by atoms with Crippen LogP contribution in [0.5, 0.6) is 11.8 Å². The summed E-state index contributed by atoms with van der Waals surface area (Å²) in [7, 11) is 0. The molecule has 0 saturated carbocycles. The molecule has 5 nitrogen and oxygen atoms in total. The van der Waals surface area contributed by atoms with Crippen LogP contribution in [-0.2, 0) is 17.3 Å². The summed E-state index contributed by atoms with van der Waals surface area (Å²) in [5, 5.41) is 5.09. The van der Waals surface area contributed by atoms with Crippen molar-refractivity contribution in [2.45, 2.75) is 86.5 Å². The van der Waals surface area contributed by atoms with Crippen LogP contribution in [-0.4, -0.2) is 9.97 Å². The molecule has 8 aromatic rings. The van der Waals surface area contributed by atoms with E-state index in [0.717, 1.165) is 83.6 Å². The lowest BCUT2D eigenvalue weighted by molar-refractivity contribution is 0.411. The van der Waals surface area contributed by atoms with Crippen LogP contribution in [0, 0.1) is 12.3 Å². The Morgan fingerprint density at radius 1 is 0.608 bits per heavy atom. The number of hydrogen-bond donors (Lipinski definition) is 0. The molecule has 4 heterocycles. The normalized spacial score (nSPS) is 13.0. The van der Waals surface area contributed by atoms with E-state index in [0.29, 0.717) is 11.8 Å². The summed E-state index contributed by atoms with van der Waals surface area (Å²) in [6, 6.07) is 29.8. The highest BCUT2D eigenvalue weighted by Crippen LogP contribution is 2.44. The maximum Gasteiger partial charge on any atom is 0.222 e. The van der Waals surface area contributed by atoms with E-state index in [4.69, 9.17) is 23.5 Å². The number of fused-ring (bicyclic) bond motifs is 4. The Balaban J connectivity index is 1.36. The van der Waals surface area contributed by atoms with Crippen LogP contribution >= 0.6 is 0 Å². The molecule has 0 spiro atoms. The summed E-state index contributed by atoms with van der Waals surface area (Å²) in [6.07, 6.45) is 0.893. The third-order valence-electron chi connectivity index (χ3n) is 9.83. The second kappa shape index (κ2) is 11.4. The average molecular weight is 675 g/mol. The molecule has 4 aromatic carbocycles. The van der Waals surface area contributed by atoms with Crippen LogP contribution < -0.4 is 4.74 Å². The second-order valence-electron chi connectivity index (χ2n) is 17.5. The van der Waals surface area contributed by atoms with Gasteiger partial charge in [0, 0.05) is 33.9 Å². The van der Waals surface area contributed by atoms with Crippen molar-refractivity contribution in [1.29, 1.82) is 0 Å². The highest BCUT2D eigenvalue weighted by Gasteiger charge is 2.24. The average Bonchev–Trinajstić information content (AvgIpc) is 3.37. The zero-order chi connectivity index (χ0) is 36.0. The summed E-state index contributed by atoms with van der Waals surface area (Å²) >= 11 is 0. The number of ether oxygens (including phenoxy) is 1. The van der Waals surface area contributed by atoms with Gasteiger partial charge in [-0.2, -0.15) is 0 Å². The summed E-state index contributed by atoms with van der Waals surface area (Å²) in [4.78, 5) is 10.3. The number of pyridine rings is 2. The van der Waals surface area contributed by atoms with Crippen molar-refractivity contribution in [2.75, 3.05) is 0 Å². The first-order valence-electron chi connectivity index (χ1n) is 17.9. The molecule has 0 fully saturated rings. The minimum atomic E-state index is -0.122. The van der Waals surface area contributed by atoms with E-state index in [1.54, 1.807) is 0 Å². The quantitative estimate of drug-likeness (QED) is 0.186. The number of aryl methyl sites for hydroxylation is 1. The molecule has 0 bridgehead atoms. The van der Waals surface area contributed by atoms with E-state index in [1.165, 1.54) is 11.1 Å². The molecule has 4 aromatic heterocycles. The lowest BCUT2D eigenvalue weighted by Gasteiger charge is -2.22. The summed E-state index contributed by atoms with van der Waals surface area (Å²) < 4.78 is 20.3. The molecule has 0 radical (unpaired) electrons. The fourth-order valence-corrected chi connectivity index (χ4v) is 7.23. The van der Waals surface area contributed by atoms with Crippen LogP contribution in [0.3, 0.4) is 0 Å². The van der Waals surface area contributed by atoms with Crippen molar-refractivity contribution in [3.8, 4) is 23.0 Å². The van der Waals surface area contributed by atoms with Gasteiger partial charge < -0.3 is 13.6 Å². The maximum absolute atomic E-state index is 6.88. The fourth-order valence-electron chi connectivity index (χ4n) is 7.23. The Morgan fingerprint density at radius 2 is 1.29 bits per heavy atom. The Morgan fingerprint density at radius 3 is 2.00 bits per heavy atom. The van der Waals surface area contributed by atoms with Gasteiger partial charge >= 0.3 is 0 Å². The summed E-state index contributed by atoms with van der Waals surface area (Å²) in [6.45, 7) is 22.2. The van der Waals surface area contributed by atoms with Crippen LogP contribution in [0.4, 0.5) is 0 Å². The van der Waals surface area contributed by atoms with Gasteiger partial charge in [0.05, 0.1) is 11.1 Å². The molecule has 0 atom stereocenters. The van der Waals surface area contributed by atoms with Gasteiger partial charge in [0.1, 0.15) is 22.3 Å². The molecule has 0 aliphatic rings. The molecule has 0 aliphatic heterocycles. The van der Waals surface area contributed by atoms with Crippen LogP contribution in [0.25, 0.3) is 66.0 Å². The first kappa shape index (κ1) is 33.0. The molecule has 0 unspecified atom stereocenters. The van der Waals surface area contributed by atoms with Crippen molar-refractivity contribution in [3.05, 3.63) is 107 Å². The van der Waals surface area contributed by atoms with E-state index in [9.17, 15) is 0 Å². The van der Waals surface area contributed by atoms with Crippen molar-refractivity contribution in [1.82, 2.24) is 9.97 Å². The molecule has 0 saturated heterocycles. The van der Waals surface area contributed by atoms with Crippen LogP contribution in [0.1, 0.15) is 84.6 Å². The molecule has 51 heavy (non-hydrogen) atoms. The predicted octanol–water partition coefficient (Wildman–Crippen LogP) is 13.4. The van der Waals surface area contributed by atoms with E-state index in [-0.39, 0.29) is 16.2 Å². The first-order chi connectivity index (χ1) is 24.0. The molecular weight excluding hydrogens is 629 g/mol. The van der Waals surface area contributed by atoms with Gasteiger partial charge in [-0.25, -0.2) is 9.97 Å². The second-order valence-corrected chi connectivity index (χ2v) is 17.5. The van der Waals surface area contributed by atoms with Gasteiger partial charge in [-0.05, 0) is 87.6 Å². The number of hydrogen-bond acceptors (Lipinski definition) is 5. The molecule has 0 amide bonds. The zero-order valence-electron chi connectivity index (χ0n) is 31.4. The number of aromatic nitrogens is 2. The predicted molar refractivity (Wildman–Crippen MR) is 211 cm³/mol. The third-order valence-corrected chi connectivity index (χ3v) is 9.83. The van der Waals surface area contributed by atoms with Gasteiger partial charge in [0.25, 0.3) is 0 Å². The zero-order valence-corrected chi connectivity index (χ0v) is 31.4. The Hall–Kier alpha value is -5.16. The largest absolute Gasteiger partial charge is 0.455 e. The maximum atomic E-state index is 6.88. The number of furan rings is 1. The topological polar surface area (TPSA) is 61.3 Å². The van der Waals surface area contributed by atoms with Crippen LogP contribution in [0.15, 0.2) is 93.8 Å². The number of rotatable bonds is 4. The lowest BCUT2D eigenvalue weighted by atomic mass is 9.84. The van der Waals surface area contributed by atoms with Crippen molar-refractivity contribution in [3.63, 3.8) is 0 Å². The van der Waals surface area contributed by atoms with Crippen molar-refractivity contribution >= 4 is 54.8 Å². The minimum Gasteiger partial charge on any atom is -0.455 e. The highest BCUT2D eigenvalue weighted by atomic mass is 16.5. The van der Waals surface area contributed by atoms with E-state index >= 15 is 0 Å². The van der Waals surface area contributed by atoms with Gasteiger partial charge in [-0.15, -0.1) is 0 Å². The fraction of sp³-hybridized carbons (Fsp3) is 0.304. The monoisotopic (exact) mass is 674 g/mol. The SMILES string of the molecule is Cc1cc(Oc2cc(C(C)(C)C)cc(-c3cccc(C(C)(C)C)c3)n2)nc2c1oc1cc(CC(C)(C)C)cc3oc4c5ccccc5cc2c4c13. The standard InChI is InChI=1S/C46H46N2O3/c1-26-18-37(51-38-24-31(46(8,9)10)23-34(47-38)29-15-13-16-30(21-29)45(5,6)7)48-41-33-22-28-14-11-12-17-32(28)43-39(33)40-35(49-42(26)41)19-27(20-36(40)50-43)25-44(2,3)4/h11-24H,25H2,1-10H3. The lowest BCUT2D eigenvalue weighted by Crippen LogP contribution is -2.12. The smallest absolute Gasteiger partial charge is 0.222 e. The van der Waals surface area contributed by atoms with Gasteiger partial charge in [0.2, 0.25) is 11.8 Å². The molecule has 0 N–H and O–H groups in total. The Bertz CT molecular complexity index is 2650. The summed E-state index contributed by atoms with van der Waals surface area (Å²) in [5.74, 6) is 0.965. The summed E-state index contributed by atoms with van der Waals surface area (Å²) in [5.41, 5.74) is 10.3. The van der Waals surface area contributed by atoms with E-state index in [1.807, 2.05) is 12.1 Å². The van der Waals surface area contributed by atoms with E-state index in [2.05, 4.69) is 142 Å². The third kappa shape index (κ3) is 6.03.